The van der Waals surface area contributed by atoms with Gasteiger partial charge in [-0.05, 0) is 83.5 Å². The molecule has 3 rings (SSSR count). The molecule has 3 heterocycles. The molecule has 1 amide bonds. The van der Waals surface area contributed by atoms with Crippen molar-refractivity contribution < 1.29 is 89.4 Å². The van der Waals surface area contributed by atoms with Crippen LogP contribution in [0.4, 0.5) is 0 Å². The molecule has 19 nitrogen and oxygen atoms in total. The van der Waals surface area contributed by atoms with Crippen LogP contribution in [0.15, 0.2) is 109 Å². The summed E-state index contributed by atoms with van der Waals surface area (Å²) in [6.07, 6.45) is 55.8. The predicted molar refractivity (Wildman–Crippen MR) is 397 cm³/mol. The van der Waals surface area contributed by atoms with Gasteiger partial charge in [0.05, 0.1) is 38.6 Å². The molecule has 19 heteroatoms. The third kappa shape index (κ3) is 40.6. The fourth-order valence-electron chi connectivity index (χ4n) is 12.6. The molecule has 0 bridgehead atoms. The monoisotopic (exact) mass is 1410 g/mol. The summed E-state index contributed by atoms with van der Waals surface area (Å²) in [7, 11) is 0. The van der Waals surface area contributed by atoms with E-state index in [1.807, 2.05) is 0 Å². The van der Waals surface area contributed by atoms with Gasteiger partial charge in [-0.3, -0.25) is 4.79 Å². The topological polar surface area (TPSA) is 307 Å². The summed E-state index contributed by atoms with van der Waals surface area (Å²) in [5.74, 6) is -0.264. The summed E-state index contributed by atoms with van der Waals surface area (Å²) < 4.78 is 34.5. The standard InChI is InChI=1S/C81H139NO18/c1-3-5-7-9-11-13-15-17-19-21-23-25-27-28-29-30-31-32-33-34-35-36-37-39-41-43-45-47-49-51-53-55-57-59-69(87)82-64(65(86)58-56-54-52-50-48-46-44-42-40-38-26-24-22-20-18-16-14-12-10-8-6-4-2)63-95-79-75(93)72(90)77(67(61-84)97-79)100-81-76(94)73(91)78(68(62-85)98-81)99-80-74(92)71(89)70(88)66(60-83)96-80/h5,7,11,13,17,19,23,25,28-29,31-32,34-35,37,39,43,45,64-68,70-81,83-86,88-94H,3-4,6,8-10,12,14-16,18,20-22,24,26-27,30,33,36,38,40-42,44,46-63H2,1-2H3,(H,82,87)/b7-5-,13-11-,19-17-,25-23-,29-28-,32-31-,35-34-,39-37-,45-43-. The van der Waals surface area contributed by atoms with Crippen molar-refractivity contribution in [2.45, 2.75) is 369 Å². The first-order valence-electron chi connectivity index (χ1n) is 39.1. The number of carbonyl (C=O) groups excluding carboxylic acids is 1. The predicted octanol–water partition coefficient (Wildman–Crippen LogP) is 12.6. The van der Waals surface area contributed by atoms with E-state index in [9.17, 15) is 61.0 Å². The second-order valence-electron chi connectivity index (χ2n) is 27.4. The maximum absolute atomic E-state index is 13.5. The Balaban J connectivity index is 1.39. The summed E-state index contributed by atoms with van der Waals surface area (Å²) in [4.78, 5) is 13.5. The van der Waals surface area contributed by atoms with Gasteiger partial charge in [-0.25, -0.2) is 0 Å². The van der Waals surface area contributed by atoms with E-state index in [0.29, 0.717) is 12.8 Å². The van der Waals surface area contributed by atoms with Crippen LogP contribution in [0.2, 0.25) is 0 Å². The molecule has 0 aromatic heterocycles. The van der Waals surface area contributed by atoms with Crippen LogP contribution in [-0.2, 0) is 33.2 Å². The normalized spacial score (nSPS) is 27.1. The molecule has 3 aliphatic heterocycles. The average molecular weight is 1410 g/mol. The average Bonchev–Trinajstić information content (AvgIpc) is 0.783. The number of rotatable bonds is 60. The first-order valence-corrected chi connectivity index (χ1v) is 39.1. The number of aliphatic hydroxyl groups is 11. The van der Waals surface area contributed by atoms with E-state index >= 15 is 0 Å². The molecule has 3 saturated heterocycles. The molecular weight excluding hydrogens is 1270 g/mol. The van der Waals surface area contributed by atoms with Crippen molar-refractivity contribution in [3.05, 3.63) is 109 Å². The van der Waals surface area contributed by atoms with Crippen LogP contribution in [0.1, 0.15) is 264 Å². The van der Waals surface area contributed by atoms with Gasteiger partial charge in [0.1, 0.15) is 73.2 Å². The minimum Gasteiger partial charge on any atom is -0.394 e. The minimum atomic E-state index is -1.98. The number of unbranched alkanes of at least 4 members (excludes halogenated alkanes) is 26. The van der Waals surface area contributed by atoms with Gasteiger partial charge in [0.25, 0.3) is 0 Å². The Kier molecular flexibility index (Phi) is 55.0. The molecular formula is C81H139NO18. The van der Waals surface area contributed by atoms with E-state index in [1.165, 1.54) is 116 Å². The Morgan fingerprint density at radius 3 is 1.08 bits per heavy atom. The fourth-order valence-corrected chi connectivity index (χ4v) is 12.6. The van der Waals surface area contributed by atoms with Crippen LogP contribution in [0.3, 0.4) is 0 Å². The third-order valence-corrected chi connectivity index (χ3v) is 18.9. The maximum atomic E-state index is 13.5. The Labute approximate surface area is 602 Å². The van der Waals surface area contributed by atoms with Gasteiger partial charge in [0.15, 0.2) is 18.9 Å². The first-order chi connectivity index (χ1) is 48.8. The van der Waals surface area contributed by atoms with Crippen LogP contribution in [0.25, 0.3) is 0 Å². The van der Waals surface area contributed by atoms with Crippen LogP contribution >= 0.6 is 0 Å². The highest BCUT2D eigenvalue weighted by Crippen LogP contribution is 2.33. The highest BCUT2D eigenvalue weighted by Gasteiger charge is 2.54. The van der Waals surface area contributed by atoms with Gasteiger partial charge in [-0.2, -0.15) is 0 Å². The summed E-state index contributed by atoms with van der Waals surface area (Å²) in [5.41, 5.74) is 0. The van der Waals surface area contributed by atoms with E-state index < -0.39 is 124 Å². The lowest BCUT2D eigenvalue weighted by Crippen LogP contribution is -2.66. The van der Waals surface area contributed by atoms with Gasteiger partial charge in [-0.1, -0.05) is 284 Å². The van der Waals surface area contributed by atoms with E-state index in [0.717, 1.165) is 116 Å². The molecule has 0 saturated carbocycles. The molecule has 3 aliphatic rings. The molecule has 0 spiro atoms. The van der Waals surface area contributed by atoms with Crippen molar-refractivity contribution >= 4 is 5.91 Å². The largest absolute Gasteiger partial charge is 0.394 e. The smallest absolute Gasteiger partial charge is 0.220 e. The van der Waals surface area contributed by atoms with Crippen molar-refractivity contribution in [1.82, 2.24) is 5.32 Å². The Morgan fingerprint density at radius 2 is 0.690 bits per heavy atom. The van der Waals surface area contributed by atoms with Gasteiger partial charge in [0, 0.05) is 6.42 Å². The summed E-state index contributed by atoms with van der Waals surface area (Å²) in [6.45, 7) is 1.68. The van der Waals surface area contributed by atoms with Gasteiger partial charge >= 0.3 is 0 Å². The Morgan fingerprint density at radius 1 is 0.370 bits per heavy atom. The zero-order chi connectivity index (χ0) is 72.5. The summed E-state index contributed by atoms with van der Waals surface area (Å²) >= 11 is 0. The van der Waals surface area contributed by atoms with Crippen molar-refractivity contribution in [2.24, 2.45) is 0 Å². The molecule has 0 radical (unpaired) electrons. The quantitative estimate of drug-likeness (QED) is 0.0199. The van der Waals surface area contributed by atoms with Gasteiger partial charge in [-0.15, -0.1) is 0 Å². The van der Waals surface area contributed by atoms with Crippen molar-refractivity contribution in [1.29, 1.82) is 0 Å². The molecule has 100 heavy (non-hydrogen) atoms. The third-order valence-electron chi connectivity index (χ3n) is 18.9. The van der Waals surface area contributed by atoms with Crippen LogP contribution in [-0.4, -0.2) is 193 Å². The van der Waals surface area contributed by atoms with Crippen molar-refractivity contribution in [2.75, 3.05) is 26.4 Å². The Hall–Kier alpha value is -3.55. The molecule has 12 N–H and O–H groups in total. The maximum Gasteiger partial charge on any atom is 0.220 e. The molecule has 3 fully saturated rings. The van der Waals surface area contributed by atoms with Crippen molar-refractivity contribution in [3.8, 4) is 0 Å². The van der Waals surface area contributed by atoms with E-state index in [1.54, 1.807) is 0 Å². The molecule has 576 valence electrons. The second-order valence-corrected chi connectivity index (χ2v) is 27.4. The number of allylic oxidation sites excluding steroid dienone is 18. The van der Waals surface area contributed by atoms with Crippen LogP contribution < -0.4 is 5.32 Å². The van der Waals surface area contributed by atoms with Gasteiger partial charge < -0.3 is 89.9 Å². The van der Waals surface area contributed by atoms with E-state index in [2.05, 4.69) is 129 Å². The highest BCUT2D eigenvalue weighted by molar-refractivity contribution is 5.76. The lowest BCUT2D eigenvalue weighted by molar-refractivity contribution is -0.379. The van der Waals surface area contributed by atoms with Crippen LogP contribution in [0.5, 0.6) is 0 Å². The highest BCUT2D eigenvalue weighted by atomic mass is 16.8. The molecule has 0 aliphatic carbocycles. The van der Waals surface area contributed by atoms with Gasteiger partial charge in [0.2, 0.25) is 5.91 Å². The summed E-state index contributed by atoms with van der Waals surface area (Å²) in [5, 5.41) is 121. The molecule has 17 atom stereocenters. The van der Waals surface area contributed by atoms with Crippen molar-refractivity contribution in [3.63, 3.8) is 0 Å². The molecule has 0 aromatic carbocycles. The number of hydrogen-bond acceptors (Lipinski definition) is 18. The van der Waals surface area contributed by atoms with E-state index in [-0.39, 0.29) is 18.9 Å². The number of hydrogen-bond donors (Lipinski definition) is 12. The summed E-state index contributed by atoms with van der Waals surface area (Å²) in [6, 6.07) is -0.908. The molecule has 0 aromatic rings. The number of aliphatic hydroxyl groups excluding tert-OH is 11. The van der Waals surface area contributed by atoms with E-state index in [4.69, 9.17) is 28.4 Å². The molecule has 17 unspecified atom stereocenters. The zero-order valence-electron chi connectivity index (χ0n) is 61.4. The number of ether oxygens (including phenoxy) is 6. The second kappa shape index (κ2) is 60.7. The Bertz CT molecular complexity index is 2230. The number of carbonyl (C=O) groups is 1. The lowest BCUT2D eigenvalue weighted by Gasteiger charge is -2.48. The van der Waals surface area contributed by atoms with Crippen LogP contribution in [0, 0.1) is 0 Å². The lowest BCUT2D eigenvalue weighted by atomic mass is 9.96. The number of amides is 1. The first kappa shape index (κ1) is 90.7. The zero-order valence-corrected chi connectivity index (χ0v) is 61.4. The number of nitrogens with one attached hydrogen (secondary N) is 1. The minimum absolute atomic E-state index is 0.237. The fraction of sp³-hybridized carbons (Fsp3) is 0.765. The SMILES string of the molecule is CC/C=C\C/C=C\C/C=C\C/C=C\C/C=C\C/C=C\C/C=C\C/C=C\C/C=C\CCCCCCCC(=O)NC(COC1OC(CO)C(OC2OC(CO)C(OC3OC(CO)C(O)C(O)C3O)C(O)C2O)C(O)C1O)C(O)CCCCCCCCCCCCCCCCCCCCCCCC.